The molecule has 0 N–H and O–H groups in total. The highest BCUT2D eigenvalue weighted by Crippen LogP contribution is 2.33. The number of rotatable bonds is 3. The first-order chi connectivity index (χ1) is 9.52. The van der Waals surface area contributed by atoms with Gasteiger partial charge in [0.15, 0.2) is 0 Å². The van der Waals surface area contributed by atoms with Crippen LogP contribution in [-0.2, 0) is 0 Å². The van der Waals surface area contributed by atoms with Gasteiger partial charge in [0, 0.05) is 19.2 Å². The number of nitro benzene ring substituents is 1. The van der Waals surface area contributed by atoms with E-state index < -0.39 is 0 Å². The van der Waals surface area contributed by atoms with Gasteiger partial charge in [-0.1, -0.05) is 13.8 Å². The van der Waals surface area contributed by atoms with Crippen LogP contribution in [0.15, 0.2) is 18.2 Å². The molecule has 0 radical (unpaired) electrons. The fourth-order valence-corrected chi connectivity index (χ4v) is 2.81. The van der Waals surface area contributed by atoms with Crippen LogP contribution in [0, 0.1) is 33.3 Å². The van der Waals surface area contributed by atoms with Gasteiger partial charge in [-0.2, -0.15) is 5.26 Å². The van der Waals surface area contributed by atoms with E-state index in [0.717, 1.165) is 25.9 Å². The van der Waals surface area contributed by atoms with Gasteiger partial charge < -0.3 is 4.90 Å². The van der Waals surface area contributed by atoms with Crippen LogP contribution in [0.1, 0.15) is 32.3 Å². The second-order valence-electron chi connectivity index (χ2n) is 5.64. The Bertz CT molecular complexity index is 541. The largest absolute Gasteiger partial charge is 0.366 e. The first-order valence-corrected chi connectivity index (χ1v) is 6.96. The Morgan fingerprint density at radius 2 is 2.05 bits per heavy atom. The molecule has 5 nitrogen and oxygen atoms in total. The Labute approximate surface area is 119 Å². The average molecular weight is 273 g/mol. The van der Waals surface area contributed by atoms with E-state index in [-0.39, 0.29) is 10.6 Å². The lowest BCUT2D eigenvalue weighted by Gasteiger charge is -2.35. The van der Waals surface area contributed by atoms with E-state index in [2.05, 4.69) is 19.9 Å². The van der Waals surface area contributed by atoms with Crippen molar-refractivity contribution in [2.45, 2.75) is 26.7 Å². The zero-order chi connectivity index (χ0) is 14.7. The van der Waals surface area contributed by atoms with Crippen LogP contribution in [0.25, 0.3) is 0 Å². The van der Waals surface area contributed by atoms with Gasteiger partial charge in [0.05, 0.1) is 16.6 Å². The molecule has 0 saturated carbocycles. The van der Waals surface area contributed by atoms with Crippen LogP contribution in [-0.4, -0.2) is 18.0 Å². The lowest BCUT2D eigenvalue weighted by molar-refractivity contribution is -0.384. The summed E-state index contributed by atoms with van der Waals surface area (Å²) in [4.78, 5) is 12.8. The Balaban J connectivity index is 2.24. The Morgan fingerprint density at radius 1 is 1.40 bits per heavy atom. The molecule has 1 saturated heterocycles. The van der Waals surface area contributed by atoms with Crippen molar-refractivity contribution in [2.75, 3.05) is 18.0 Å². The molecule has 0 bridgehead atoms. The fraction of sp³-hybridized carbons (Fsp3) is 0.533. The second kappa shape index (κ2) is 5.91. The molecule has 0 aromatic heterocycles. The highest BCUT2D eigenvalue weighted by Gasteiger charge is 2.26. The molecule has 5 heteroatoms. The van der Waals surface area contributed by atoms with Gasteiger partial charge in [0.25, 0.3) is 5.69 Å². The van der Waals surface area contributed by atoms with Crippen LogP contribution >= 0.6 is 0 Å². The number of nitro groups is 1. The van der Waals surface area contributed by atoms with E-state index in [1.54, 1.807) is 6.07 Å². The number of hydrogen-bond acceptors (Lipinski definition) is 4. The van der Waals surface area contributed by atoms with Crippen LogP contribution < -0.4 is 4.90 Å². The lowest BCUT2D eigenvalue weighted by Crippen LogP contribution is -2.35. The molecule has 0 spiro atoms. The number of nitrogens with zero attached hydrogens (tertiary/aromatic N) is 3. The first kappa shape index (κ1) is 14.3. The zero-order valence-electron chi connectivity index (χ0n) is 11.9. The van der Waals surface area contributed by atoms with Crippen molar-refractivity contribution >= 4 is 11.4 Å². The molecule has 20 heavy (non-hydrogen) atoms. The van der Waals surface area contributed by atoms with Gasteiger partial charge in [-0.3, -0.25) is 10.1 Å². The summed E-state index contributed by atoms with van der Waals surface area (Å²) in [6.07, 6.45) is 2.09. The van der Waals surface area contributed by atoms with Crippen molar-refractivity contribution in [3.05, 3.63) is 33.9 Å². The molecule has 1 aromatic carbocycles. The molecular weight excluding hydrogens is 254 g/mol. The highest BCUT2D eigenvalue weighted by atomic mass is 16.6. The minimum absolute atomic E-state index is 0.0898. The molecule has 0 unspecified atom stereocenters. The molecule has 1 fully saturated rings. The molecule has 0 aliphatic carbocycles. The minimum Gasteiger partial charge on any atom is -0.366 e. The predicted molar refractivity (Wildman–Crippen MR) is 77.6 cm³/mol. The fourth-order valence-electron chi connectivity index (χ4n) is 2.81. The topological polar surface area (TPSA) is 70.2 Å². The number of hydrogen-bond donors (Lipinski definition) is 0. The van der Waals surface area contributed by atoms with E-state index in [1.807, 2.05) is 4.90 Å². The van der Waals surface area contributed by atoms with Gasteiger partial charge in [-0.05, 0) is 36.8 Å². The van der Waals surface area contributed by atoms with Crippen molar-refractivity contribution in [2.24, 2.45) is 11.8 Å². The molecule has 1 aliphatic heterocycles. The molecule has 106 valence electrons. The summed E-state index contributed by atoms with van der Waals surface area (Å²) >= 11 is 0. The minimum atomic E-state index is -0.370. The average Bonchev–Trinajstić information content (AvgIpc) is 2.46. The monoisotopic (exact) mass is 273 g/mol. The Hall–Kier alpha value is -2.09. The Morgan fingerprint density at radius 3 is 2.55 bits per heavy atom. The van der Waals surface area contributed by atoms with Crippen molar-refractivity contribution in [3.8, 4) is 6.07 Å². The van der Waals surface area contributed by atoms with E-state index in [4.69, 9.17) is 5.26 Å². The van der Waals surface area contributed by atoms with Crippen LogP contribution in [0.5, 0.6) is 0 Å². The smallest absolute Gasteiger partial charge is 0.292 e. The standard InChI is InChI=1S/C15H19N3O2/c1-11(2)13-5-7-17(8-6-13)15-9-12(10-16)3-4-14(15)18(19)20/h3-4,9,11,13H,5-8H2,1-2H3. The zero-order valence-corrected chi connectivity index (χ0v) is 11.9. The number of nitriles is 1. The van der Waals surface area contributed by atoms with Crippen molar-refractivity contribution < 1.29 is 4.92 Å². The van der Waals surface area contributed by atoms with Gasteiger partial charge in [0.2, 0.25) is 0 Å². The number of anilines is 1. The molecule has 2 rings (SSSR count). The summed E-state index contributed by atoms with van der Waals surface area (Å²) in [6.45, 7) is 6.08. The third-order valence-corrected chi connectivity index (χ3v) is 4.12. The predicted octanol–water partition coefficient (Wildman–Crippen LogP) is 3.34. The SMILES string of the molecule is CC(C)C1CCN(c2cc(C#N)ccc2[N+](=O)[O-])CC1. The molecular formula is C15H19N3O2. The van der Waals surface area contributed by atoms with Crippen molar-refractivity contribution in [1.82, 2.24) is 0 Å². The number of piperidine rings is 1. The van der Waals surface area contributed by atoms with Gasteiger partial charge in [-0.25, -0.2) is 0 Å². The first-order valence-electron chi connectivity index (χ1n) is 6.96. The van der Waals surface area contributed by atoms with Crippen molar-refractivity contribution in [3.63, 3.8) is 0 Å². The second-order valence-corrected chi connectivity index (χ2v) is 5.64. The highest BCUT2D eigenvalue weighted by molar-refractivity contribution is 5.66. The number of benzene rings is 1. The van der Waals surface area contributed by atoms with E-state index in [9.17, 15) is 10.1 Å². The molecule has 1 aromatic rings. The summed E-state index contributed by atoms with van der Waals surface area (Å²) in [7, 11) is 0. The van der Waals surface area contributed by atoms with E-state index >= 15 is 0 Å². The van der Waals surface area contributed by atoms with E-state index in [1.165, 1.54) is 12.1 Å². The summed E-state index contributed by atoms with van der Waals surface area (Å²) in [5, 5.41) is 20.1. The Kier molecular flexibility index (Phi) is 4.23. The summed E-state index contributed by atoms with van der Waals surface area (Å²) in [5.41, 5.74) is 1.14. The van der Waals surface area contributed by atoms with Crippen LogP contribution in [0.2, 0.25) is 0 Å². The van der Waals surface area contributed by atoms with E-state index in [0.29, 0.717) is 23.1 Å². The van der Waals surface area contributed by atoms with Crippen LogP contribution in [0.4, 0.5) is 11.4 Å². The quantitative estimate of drug-likeness (QED) is 0.625. The summed E-state index contributed by atoms with van der Waals surface area (Å²) < 4.78 is 0. The van der Waals surface area contributed by atoms with Gasteiger partial charge >= 0.3 is 0 Å². The van der Waals surface area contributed by atoms with Crippen molar-refractivity contribution in [1.29, 1.82) is 5.26 Å². The molecule has 1 aliphatic rings. The maximum Gasteiger partial charge on any atom is 0.292 e. The molecule has 1 heterocycles. The molecule has 0 amide bonds. The molecule has 0 atom stereocenters. The third kappa shape index (κ3) is 2.90. The maximum absolute atomic E-state index is 11.1. The summed E-state index contributed by atoms with van der Waals surface area (Å²) in [6, 6.07) is 6.62. The summed E-state index contributed by atoms with van der Waals surface area (Å²) in [5.74, 6) is 1.34. The lowest BCUT2D eigenvalue weighted by atomic mass is 9.86. The van der Waals surface area contributed by atoms with Gasteiger partial charge in [0.1, 0.15) is 5.69 Å². The maximum atomic E-state index is 11.1. The third-order valence-electron chi connectivity index (χ3n) is 4.12. The normalized spacial score (nSPS) is 16.2. The van der Waals surface area contributed by atoms with Gasteiger partial charge in [-0.15, -0.1) is 0 Å². The van der Waals surface area contributed by atoms with Crippen LogP contribution in [0.3, 0.4) is 0 Å².